The molecule has 0 bridgehead atoms. The topological polar surface area (TPSA) is 231 Å². The van der Waals surface area contributed by atoms with Crippen molar-refractivity contribution < 1.29 is 75.8 Å². The quantitative estimate of drug-likeness (QED) is 0.0146. The highest BCUT2D eigenvalue weighted by atomic mass is 31.2. The van der Waals surface area contributed by atoms with Crippen LogP contribution in [0.25, 0.3) is 0 Å². The second kappa shape index (κ2) is 72.3. The Labute approximate surface area is 590 Å². The summed E-state index contributed by atoms with van der Waals surface area (Å²) in [4.78, 5) is 58.4. The molecule has 0 radical (unpaired) electrons. The highest BCUT2D eigenvalue weighted by Crippen LogP contribution is 2.45. The summed E-state index contributed by atoms with van der Waals surface area (Å²) in [5, 5.41) is 20.6. The molecule has 18 heteroatoms. The number of unbranched alkanes of at least 4 members (excludes halogenated alkanes) is 34. The number of ether oxygens (including phenoxy) is 3. The molecule has 562 valence electrons. The molecule has 5 atom stereocenters. The summed E-state index contributed by atoms with van der Waals surface area (Å²) < 4.78 is 61.0. The van der Waals surface area contributed by atoms with Crippen LogP contribution in [-0.2, 0) is 55.8 Å². The first-order valence-electron chi connectivity index (χ1n) is 38.5. The summed E-state index contributed by atoms with van der Waals surface area (Å²) in [5.74, 6) is -1.59. The SMILES string of the molecule is CC/C=C\C/C=C\C/C=C\C/C=C\C/C=C\CCCCCCCCCCCCCCCCCCCC(=O)OCC(O)COP(=O)(O)OCC(O)COP(=O)(O)OCC(COC(=O)CCCCCCC/C=C\CCCCCCCC)OC(=O)CCCCCCC/C=C\C/C=C\CCC. The Bertz CT molecular complexity index is 2150. The van der Waals surface area contributed by atoms with E-state index in [-0.39, 0.29) is 19.3 Å². The monoisotopic (exact) mass is 1410 g/mol. The van der Waals surface area contributed by atoms with Crippen molar-refractivity contribution in [3.8, 4) is 0 Å². The lowest BCUT2D eigenvalue weighted by Gasteiger charge is -2.21. The standard InChI is InChI=1S/C79H140O16P2/c1-4-7-10-13-16-19-22-25-27-28-29-30-31-32-33-34-35-36-37-38-39-40-41-42-43-44-46-49-50-53-56-59-62-65-77(82)89-68-74(80)69-91-96(85,86)92-70-75(81)71-93-97(87,88)94-73-76(95-79(84)67-64-61-58-55-52-47-24-21-18-15-12-9-6-3)72-90-78(83)66-63-60-57-54-51-48-45-26-23-20-17-14-11-8-5-2/h7,10,12,15-16,19,21,24-27,29-30,32-33,45,74-76,80-81H,4-6,8-9,11,13-14,17-18,20,22-23,28,31,34-44,46-73H2,1-3H3,(H,85,86)(H,87,88)/b10-7-,15-12-,19-16-,24-21-,27-25-,30-29-,33-32-,45-26-. The van der Waals surface area contributed by atoms with Crippen molar-refractivity contribution in [3.05, 3.63) is 97.2 Å². The number of hydrogen-bond donors (Lipinski definition) is 4. The second-order valence-corrected chi connectivity index (χ2v) is 28.7. The predicted molar refractivity (Wildman–Crippen MR) is 399 cm³/mol. The van der Waals surface area contributed by atoms with E-state index in [0.29, 0.717) is 19.3 Å². The molecule has 0 aromatic carbocycles. The predicted octanol–water partition coefficient (Wildman–Crippen LogP) is 22.2. The van der Waals surface area contributed by atoms with Gasteiger partial charge in [0.05, 0.1) is 26.4 Å². The summed E-state index contributed by atoms with van der Waals surface area (Å²) in [6.45, 7) is 2.49. The van der Waals surface area contributed by atoms with Gasteiger partial charge < -0.3 is 34.2 Å². The van der Waals surface area contributed by atoms with E-state index in [1.807, 2.05) is 0 Å². The van der Waals surface area contributed by atoms with Crippen molar-refractivity contribution in [2.45, 2.75) is 347 Å². The molecule has 0 heterocycles. The van der Waals surface area contributed by atoms with Crippen molar-refractivity contribution in [1.82, 2.24) is 0 Å². The Kier molecular flexibility index (Phi) is 69.6. The second-order valence-electron chi connectivity index (χ2n) is 25.8. The minimum Gasteiger partial charge on any atom is -0.463 e. The molecule has 0 rings (SSSR count). The molecule has 0 aliphatic rings. The average Bonchev–Trinajstić information content (AvgIpc) is 1.49. The lowest BCUT2D eigenvalue weighted by Crippen LogP contribution is -2.30. The van der Waals surface area contributed by atoms with E-state index in [9.17, 15) is 43.5 Å². The van der Waals surface area contributed by atoms with Crippen LogP contribution in [0.1, 0.15) is 329 Å². The van der Waals surface area contributed by atoms with Crippen LogP contribution in [0.5, 0.6) is 0 Å². The number of esters is 3. The zero-order valence-corrected chi connectivity index (χ0v) is 63.0. The third-order valence-corrected chi connectivity index (χ3v) is 18.1. The first-order valence-corrected chi connectivity index (χ1v) is 41.5. The van der Waals surface area contributed by atoms with Crippen LogP contribution in [0, 0.1) is 0 Å². The molecule has 0 aromatic rings. The van der Waals surface area contributed by atoms with Gasteiger partial charge in [0.1, 0.15) is 25.4 Å². The molecule has 0 spiro atoms. The molecule has 16 nitrogen and oxygen atoms in total. The molecule has 0 saturated carbocycles. The van der Waals surface area contributed by atoms with Crippen LogP contribution in [0.4, 0.5) is 0 Å². The van der Waals surface area contributed by atoms with Gasteiger partial charge in [0.25, 0.3) is 0 Å². The minimum atomic E-state index is -4.93. The van der Waals surface area contributed by atoms with Gasteiger partial charge >= 0.3 is 33.6 Å². The number of aliphatic hydroxyl groups excluding tert-OH is 2. The van der Waals surface area contributed by atoms with Gasteiger partial charge in [-0.1, -0.05) is 291 Å². The average molecular weight is 1410 g/mol. The van der Waals surface area contributed by atoms with Gasteiger partial charge in [0.15, 0.2) is 6.10 Å². The Morgan fingerprint density at radius 1 is 0.299 bits per heavy atom. The molecule has 0 saturated heterocycles. The van der Waals surface area contributed by atoms with Crippen LogP contribution >= 0.6 is 15.6 Å². The fraction of sp³-hybridized carbons (Fsp3) is 0.759. The number of rotatable bonds is 73. The first kappa shape index (κ1) is 93.5. The molecule has 0 aromatic heterocycles. The van der Waals surface area contributed by atoms with Crippen LogP contribution in [0.2, 0.25) is 0 Å². The van der Waals surface area contributed by atoms with E-state index in [0.717, 1.165) is 141 Å². The van der Waals surface area contributed by atoms with Gasteiger partial charge in [0, 0.05) is 19.3 Å². The molecular weight excluding hydrogens is 1270 g/mol. The number of carbonyl (C=O) groups excluding carboxylic acids is 3. The summed E-state index contributed by atoms with van der Waals surface area (Å²) in [6, 6.07) is 0. The smallest absolute Gasteiger partial charge is 0.463 e. The van der Waals surface area contributed by atoms with Gasteiger partial charge in [-0.3, -0.25) is 32.5 Å². The highest BCUT2D eigenvalue weighted by Gasteiger charge is 2.29. The number of phosphoric acid groups is 2. The first-order chi connectivity index (χ1) is 47.2. The lowest BCUT2D eigenvalue weighted by molar-refractivity contribution is -0.161. The van der Waals surface area contributed by atoms with E-state index in [1.54, 1.807) is 0 Å². The number of phosphoric ester groups is 2. The molecule has 0 aliphatic heterocycles. The normalized spacial score (nSPS) is 14.6. The largest absolute Gasteiger partial charge is 0.472 e. The number of carbonyl (C=O) groups is 3. The number of aliphatic hydroxyl groups is 2. The van der Waals surface area contributed by atoms with Gasteiger partial charge in [-0.05, 0) is 116 Å². The van der Waals surface area contributed by atoms with E-state index >= 15 is 0 Å². The molecule has 0 aliphatic carbocycles. The maximum absolute atomic E-state index is 12.9. The Morgan fingerprint density at radius 3 is 0.918 bits per heavy atom. The third-order valence-electron chi connectivity index (χ3n) is 16.2. The van der Waals surface area contributed by atoms with Crippen LogP contribution < -0.4 is 0 Å². The van der Waals surface area contributed by atoms with Gasteiger partial charge in [-0.25, -0.2) is 9.13 Å². The molecule has 0 amide bonds. The van der Waals surface area contributed by atoms with E-state index in [2.05, 4.69) is 118 Å². The molecule has 4 N–H and O–H groups in total. The van der Waals surface area contributed by atoms with Crippen molar-refractivity contribution in [1.29, 1.82) is 0 Å². The van der Waals surface area contributed by atoms with Gasteiger partial charge in [-0.2, -0.15) is 0 Å². The lowest BCUT2D eigenvalue weighted by atomic mass is 10.0. The minimum absolute atomic E-state index is 0.0883. The maximum atomic E-state index is 12.9. The van der Waals surface area contributed by atoms with Gasteiger partial charge in [0.2, 0.25) is 0 Å². The Balaban J connectivity index is 4.35. The van der Waals surface area contributed by atoms with E-state index in [1.165, 1.54) is 128 Å². The summed E-state index contributed by atoms with van der Waals surface area (Å²) >= 11 is 0. The Hall–Kier alpha value is -3.53. The zero-order chi connectivity index (χ0) is 70.9. The number of hydrogen-bond acceptors (Lipinski definition) is 14. The van der Waals surface area contributed by atoms with Crippen molar-refractivity contribution >= 4 is 33.6 Å². The summed E-state index contributed by atoms with van der Waals surface area (Å²) in [7, 11) is -9.78. The van der Waals surface area contributed by atoms with E-state index in [4.69, 9.17) is 32.3 Å². The molecule has 5 unspecified atom stereocenters. The fourth-order valence-corrected chi connectivity index (χ4v) is 12.0. The molecular formula is C79H140O16P2. The molecule has 97 heavy (non-hydrogen) atoms. The van der Waals surface area contributed by atoms with E-state index < -0.39 is 91.5 Å². The maximum Gasteiger partial charge on any atom is 0.472 e. The molecule has 0 fully saturated rings. The zero-order valence-electron chi connectivity index (χ0n) is 61.2. The van der Waals surface area contributed by atoms with Crippen LogP contribution in [-0.4, -0.2) is 95.9 Å². The summed E-state index contributed by atoms with van der Waals surface area (Å²) in [6.07, 6.45) is 82.0. The van der Waals surface area contributed by atoms with Gasteiger partial charge in [-0.15, -0.1) is 0 Å². The fourth-order valence-electron chi connectivity index (χ4n) is 10.4. The highest BCUT2D eigenvalue weighted by molar-refractivity contribution is 7.47. The third kappa shape index (κ3) is 73.5. The Morgan fingerprint density at radius 2 is 0.567 bits per heavy atom. The van der Waals surface area contributed by atoms with Crippen LogP contribution in [0.3, 0.4) is 0 Å². The van der Waals surface area contributed by atoms with Crippen molar-refractivity contribution in [2.24, 2.45) is 0 Å². The van der Waals surface area contributed by atoms with Crippen molar-refractivity contribution in [3.63, 3.8) is 0 Å². The number of allylic oxidation sites excluding steroid dienone is 16. The summed E-state index contributed by atoms with van der Waals surface area (Å²) in [5.41, 5.74) is 0. The van der Waals surface area contributed by atoms with Crippen LogP contribution in [0.15, 0.2) is 97.2 Å². The van der Waals surface area contributed by atoms with Crippen molar-refractivity contribution in [2.75, 3.05) is 39.6 Å².